The molecular weight excluding hydrogens is 314 g/mol. The highest BCUT2D eigenvalue weighted by Crippen LogP contribution is 2.41. The highest BCUT2D eigenvalue weighted by atomic mass is 79.9. The fourth-order valence-corrected chi connectivity index (χ4v) is 3.72. The molecule has 1 aliphatic rings. The van der Waals surface area contributed by atoms with Crippen LogP contribution in [-0.4, -0.2) is 19.3 Å². The van der Waals surface area contributed by atoms with Gasteiger partial charge in [0.2, 0.25) is 0 Å². The summed E-state index contributed by atoms with van der Waals surface area (Å²) in [4.78, 5) is 0. The lowest BCUT2D eigenvalue weighted by atomic mass is 9.84. The fourth-order valence-electron chi connectivity index (χ4n) is 2.72. The van der Waals surface area contributed by atoms with Crippen molar-refractivity contribution in [1.29, 1.82) is 0 Å². The van der Waals surface area contributed by atoms with E-state index in [0.717, 1.165) is 34.5 Å². The van der Waals surface area contributed by atoms with Gasteiger partial charge in [0.15, 0.2) is 0 Å². The molecule has 2 nitrogen and oxygen atoms in total. The van der Waals surface area contributed by atoms with Gasteiger partial charge in [-0.15, -0.1) is 0 Å². The Kier molecular flexibility index (Phi) is 4.70. The Morgan fingerprint density at radius 3 is 2.78 bits per heavy atom. The molecule has 1 N–H and O–H groups in total. The van der Waals surface area contributed by atoms with E-state index in [1.807, 2.05) is 25.2 Å². The summed E-state index contributed by atoms with van der Waals surface area (Å²) in [6, 6.07) is 6.00. The van der Waals surface area contributed by atoms with Crippen LogP contribution in [0.1, 0.15) is 37.8 Å². The monoisotopic (exact) mass is 331 g/mol. The van der Waals surface area contributed by atoms with Gasteiger partial charge >= 0.3 is 0 Å². The van der Waals surface area contributed by atoms with E-state index in [9.17, 15) is 0 Å². The van der Waals surface area contributed by atoms with Crippen molar-refractivity contribution in [3.05, 3.63) is 33.3 Å². The minimum absolute atomic E-state index is 0.0980. The number of hydrogen-bond acceptors (Lipinski definition) is 2. The molecule has 0 bridgehead atoms. The smallest absolute Gasteiger partial charge is 0.0849 e. The Labute approximate surface area is 122 Å². The van der Waals surface area contributed by atoms with E-state index in [2.05, 4.69) is 28.2 Å². The van der Waals surface area contributed by atoms with Gasteiger partial charge < -0.3 is 10.1 Å². The topological polar surface area (TPSA) is 21.3 Å². The molecular formula is C14H19BrClNO. The average molecular weight is 333 g/mol. The Balaban J connectivity index is 2.38. The number of rotatable bonds is 3. The highest BCUT2D eigenvalue weighted by molar-refractivity contribution is 9.10. The van der Waals surface area contributed by atoms with Gasteiger partial charge in [0.05, 0.1) is 11.6 Å². The third-order valence-electron chi connectivity index (χ3n) is 3.69. The zero-order chi connectivity index (χ0) is 13.2. The summed E-state index contributed by atoms with van der Waals surface area (Å²) in [5, 5.41) is 4.15. The molecule has 0 aromatic heterocycles. The molecule has 1 fully saturated rings. The molecule has 1 aromatic rings. The number of halogens is 2. The highest BCUT2D eigenvalue weighted by Gasteiger charge is 2.38. The van der Waals surface area contributed by atoms with Crippen molar-refractivity contribution in [1.82, 2.24) is 5.32 Å². The van der Waals surface area contributed by atoms with Crippen LogP contribution in [0.2, 0.25) is 5.02 Å². The van der Waals surface area contributed by atoms with Gasteiger partial charge in [0.1, 0.15) is 0 Å². The predicted molar refractivity (Wildman–Crippen MR) is 79.2 cm³/mol. The molecule has 2 unspecified atom stereocenters. The van der Waals surface area contributed by atoms with E-state index in [1.54, 1.807) is 0 Å². The minimum Gasteiger partial charge on any atom is -0.373 e. The van der Waals surface area contributed by atoms with Crippen LogP contribution >= 0.6 is 27.5 Å². The van der Waals surface area contributed by atoms with Gasteiger partial charge in [-0.05, 0) is 45.4 Å². The Bertz CT molecular complexity index is 398. The van der Waals surface area contributed by atoms with Gasteiger partial charge in [0.25, 0.3) is 0 Å². The van der Waals surface area contributed by atoms with Gasteiger partial charge in [0, 0.05) is 21.7 Å². The summed E-state index contributed by atoms with van der Waals surface area (Å²) in [5.74, 6) is 0. The third kappa shape index (κ3) is 2.74. The fraction of sp³-hybridized carbons (Fsp3) is 0.571. The van der Waals surface area contributed by atoms with E-state index in [4.69, 9.17) is 16.3 Å². The lowest BCUT2D eigenvalue weighted by Gasteiger charge is -2.41. The summed E-state index contributed by atoms with van der Waals surface area (Å²) in [5.41, 5.74) is 0.895. The second-order valence-corrected chi connectivity index (χ2v) is 6.24. The van der Waals surface area contributed by atoms with Crippen LogP contribution in [0.5, 0.6) is 0 Å². The van der Waals surface area contributed by atoms with E-state index >= 15 is 0 Å². The average Bonchev–Trinajstić information content (AvgIpc) is 2.34. The lowest BCUT2D eigenvalue weighted by Crippen LogP contribution is -2.45. The zero-order valence-electron chi connectivity index (χ0n) is 10.8. The summed E-state index contributed by atoms with van der Waals surface area (Å²) in [6.45, 7) is 3.00. The van der Waals surface area contributed by atoms with Crippen LogP contribution in [-0.2, 0) is 4.74 Å². The lowest BCUT2D eigenvalue weighted by molar-refractivity contribution is -0.0885. The quantitative estimate of drug-likeness (QED) is 0.890. The number of likely N-dealkylation sites (N-methyl/N-ethyl adjacent to an activating group) is 1. The first-order valence-electron chi connectivity index (χ1n) is 6.33. The summed E-state index contributed by atoms with van der Waals surface area (Å²) in [7, 11) is 1.96. The Hall–Kier alpha value is -0.0900. The molecule has 1 aliphatic heterocycles. The molecule has 0 aliphatic carbocycles. The zero-order valence-corrected chi connectivity index (χ0v) is 13.1. The van der Waals surface area contributed by atoms with Gasteiger partial charge in [-0.2, -0.15) is 0 Å². The van der Waals surface area contributed by atoms with Crippen molar-refractivity contribution >= 4 is 27.5 Å². The number of nitrogens with one attached hydrogen (secondary N) is 1. The maximum Gasteiger partial charge on any atom is 0.0849 e. The van der Waals surface area contributed by atoms with E-state index in [1.165, 1.54) is 6.42 Å². The number of benzene rings is 1. The first-order chi connectivity index (χ1) is 8.58. The minimum atomic E-state index is -0.194. The van der Waals surface area contributed by atoms with Crippen molar-refractivity contribution in [2.75, 3.05) is 13.7 Å². The SMILES string of the molecule is CNC(c1c(Cl)cccc1Br)C1(C)CCCCO1. The molecule has 1 saturated heterocycles. The molecule has 0 saturated carbocycles. The molecule has 2 rings (SSSR count). The largest absolute Gasteiger partial charge is 0.373 e. The predicted octanol–water partition coefficient (Wildman–Crippen LogP) is 4.32. The van der Waals surface area contributed by atoms with Crippen LogP contribution in [0.25, 0.3) is 0 Å². The molecule has 2 atom stereocenters. The molecule has 4 heteroatoms. The molecule has 100 valence electrons. The van der Waals surface area contributed by atoms with Crippen molar-refractivity contribution in [3.63, 3.8) is 0 Å². The maximum atomic E-state index is 6.36. The number of hydrogen-bond donors (Lipinski definition) is 1. The number of ether oxygens (including phenoxy) is 1. The van der Waals surface area contributed by atoms with Crippen molar-refractivity contribution in [3.8, 4) is 0 Å². The summed E-state index contributed by atoms with van der Waals surface area (Å²) in [6.07, 6.45) is 3.41. The van der Waals surface area contributed by atoms with E-state index in [0.29, 0.717) is 0 Å². The molecule has 1 aromatic carbocycles. The molecule has 1 heterocycles. The molecule has 0 spiro atoms. The molecule has 18 heavy (non-hydrogen) atoms. The molecule has 0 amide bonds. The normalized spacial score (nSPS) is 26.0. The van der Waals surface area contributed by atoms with Crippen LogP contribution in [0.3, 0.4) is 0 Å². The maximum absolute atomic E-state index is 6.36. The third-order valence-corrected chi connectivity index (χ3v) is 4.71. The first kappa shape index (κ1) is 14.3. The first-order valence-corrected chi connectivity index (χ1v) is 7.51. The van der Waals surface area contributed by atoms with Crippen molar-refractivity contribution in [2.45, 2.75) is 37.8 Å². The second kappa shape index (κ2) is 5.91. The van der Waals surface area contributed by atoms with Crippen LogP contribution in [0, 0.1) is 0 Å². The van der Waals surface area contributed by atoms with Gasteiger partial charge in [-0.25, -0.2) is 0 Å². The Morgan fingerprint density at radius 2 is 2.22 bits per heavy atom. The van der Waals surface area contributed by atoms with E-state index in [-0.39, 0.29) is 11.6 Å². The Morgan fingerprint density at radius 1 is 1.44 bits per heavy atom. The van der Waals surface area contributed by atoms with Crippen LogP contribution < -0.4 is 5.32 Å². The van der Waals surface area contributed by atoms with Gasteiger partial charge in [-0.1, -0.05) is 33.6 Å². The summed E-state index contributed by atoms with van der Waals surface area (Å²) < 4.78 is 7.07. The molecule has 0 radical (unpaired) electrons. The standard InChI is InChI=1S/C14H19BrClNO/c1-14(8-3-4-9-18-14)13(17-2)12-10(15)6-5-7-11(12)16/h5-7,13,17H,3-4,8-9H2,1-2H3. The van der Waals surface area contributed by atoms with Crippen LogP contribution in [0.4, 0.5) is 0 Å². The summed E-state index contributed by atoms with van der Waals surface area (Å²) >= 11 is 9.96. The van der Waals surface area contributed by atoms with Crippen LogP contribution in [0.15, 0.2) is 22.7 Å². The van der Waals surface area contributed by atoms with E-state index < -0.39 is 0 Å². The second-order valence-electron chi connectivity index (χ2n) is 4.98. The van der Waals surface area contributed by atoms with Gasteiger partial charge in [-0.3, -0.25) is 0 Å². The van der Waals surface area contributed by atoms with Crippen molar-refractivity contribution < 1.29 is 4.74 Å². The van der Waals surface area contributed by atoms with Crippen molar-refractivity contribution in [2.24, 2.45) is 0 Å².